The molecule has 1 aliphatic heterocycles. The summed E-state index contributed by atoms with van der Waals surface area (Å²) in [6.07, 6.45) is 2.13. The molecule has 1 fully saturated rings. The number of nitrogens with zero attached hydrogens (tertiary/aromatic N) is 2. The number of fused-ring (bicyclic) bond motifs is 1. The van der Waals surface area contributed by atoms with E-state index in [4.69, 9.17) is 0 Å². The average Bonchev–Trinajstić information content (AvgIpc) is 3.15. The number of sulfonamides is 1. The zero-order valence-electron chi connectivity index (χ0n) is 12.7. The van der Waals surface area contributed by atoms with Crippen LogP contribution in [0, 0.1) is 0 Å². The Balaban J connectivity index is 1.43. The molecular formula is C14H16N4O3S3. The van der Waals surface area contributed by atoms with Crippen molar-refractivity contribution in [3.63, 3.8) is 0 Å². The third kappa shape index (κ3) is 3.18. The number of carbonyl (C=O) groups excluding carboxylic acids is 1. The highest BCUT2D eigenvalue weighted by Crippen LogP contribution is 2.35. The molecule has 2 amide bonds. The van der Waals surface area contributed by atoms with Gasteiger partial charge in [-0.05, 0) is 30.4 Å². The summed E-state index contributed by atoms with van der Waals surface area (Å²) in [7, 11) is -3.17. The molecule has 10 heteroatoms. The summed E-state index contributed by atoms with van der Waals surface area (Å²) >= 11 is 2.78. The number of nitrogens with one attached hydrogen (secondary N) is 2. The van der Waals surface area contributed by atoms with Crippen molar-refractivity contribution in [2.24, 2.45) is 0 Å². The molecule has 0 saturated heterocycles. The maximum atomic E-state index is 12.4. The van der Waals surface area contributed by atoms with Crippen LogP contribution in [0.2, 0.25) is 0 Å². The molecular weight excluding hydrogens is 368 g/mol. The zero-order chi connectivity index (χ0) is 16.7. The second kappa shape index (κ2) is 6.10. The first-order chi connectivity index (χ1) is 11.5. The number of anilines is 2. The lowest BCUT2D eigenvalue weighted by molar-refractivity contribution is 0.262. The molecule has 4 rings (SSSR count). The fourth-order valence-electron chi connectivity index (χ4n) is 2.61. The van der Waals surface area contributed by atoms with Crippen molar-refractivity contribution in [3.05, 3.63) is 28.1 Å². The van der Waals surface area contributed by atoms with Crippen LogP contribution >= 0.6 is 22.7 Å². The van der Waals surface area contributed by atoms with Gasteiger partial charge in [-0.25, -0.2) is 18.2 Å². The van der Waals surface area contributed by atoms with Crippen LogP contribution in [-0.4, -0.2) is 35.5 Å². The fraction of sp³-hybridized carbons (Fsp3) is 0.429. The molecule has 0 unspecified atom stereocenters. The minimum Gasteiger partial charge on any atom is -0.299 e. The third-order valence-electron chi connectivity index (χ3n) is 3.98. The second-order valence-corrected chi connectivity index (χ2v) is 10.0. The Bertz CT molecular complexity index is 856. The number of rotatable bonds is 4. The predicted octanol–water partition coefficient (Wildman–Crippen LogP) is 2.70. The van der Waals surface area contributed by atoms with Gasteiger partial charge in [-0.3, -0.25) is 10.6 Å². The van der Waals surface area contributed by atoms with Gasteiger partial charge >= 0.3 is 6.03 Å². The fourth-order valence-corrected chi connectivity index (χ4v) is 6.13. The Morgan fingerprint density at radius 1 is 1.33 bits per heavy atom. The molecule has 128 valence electrons. The van der Waals surface area contributed by atoms with Crippen LogP contribution in [0.4, 0.5) is 14.9 Å². The maximum absolute atomic E-state index is 12.4. The topological polar surface area (TPSA) is 91.4 Å². The molecule has 2 aromatic rings. The zero-order valence-corrected chi connectivity index (χ0v) is 15.1. The predicted molar refractivity (Wildman–Crippen MR) is 95.1 cm³/mol. The van der Waals surface area contributed by atoms with Crippen LogP contribution in [-0.2, 0) is 23.0 Å². The lowest BCUT2D eigenvalue weighted by Gasteiger charge is -2.25. The maximum Gasteiger partial charge on any atom is 0.326 e. The van der Waals surface area contributed by atoms with E-state index < -0.39 is 10.0 Å². The highest BCUT2D eigenvalue weighted by atomic mass is 32.2. The molecule has 0 bridgehead atoms. The van der Waals surface area contributed by atoms with Gasteiger partial charge in [0.25, 0.3) is 0 Å². The Hall–Kier alpha value is -1.49. The third-order valence-corrected chi connectivity index (χ3v) is 8.11. The molecule has 2 aromatic heterocycles. The van der Waals surface area contributed by atoms with Crippen molar-refractivity contribution in [1.82, 2.24) is 9.29 Å². The summed E-state index contributed by atoms with van der Waals surface area (Å²) in [5.74, 6) is 0. The van der Waals surface area contributed by atoms with Crippen molar-refractivity contribution in [3.8, 4) is 0 Å². The molecule has 2 aliphatic rings. The van der Waals surface area contributed by atoms with Crippen LogP contribution in [0.15, 0.2) is 17.5 Å². The molecule has 2 N–H and O–H groups in total. The molecule has 1 saturated carbocycles. The van der Waals surface area contributed by atoms with Crippen molar-refractivity contribution in [1.29, 1.82) is 0 Å². The number of urea groups is 1. The van der Waals surface area contributed by atoms with Gasteiger partial charge in [0, 0.05) is 24.4 Å². The Labute approximate surface area is 147 Å². The van der Waals surface area contributed by atoms with E-state index in [0.717, 1.165) is 28.4 Å². The van der Waals surface area contributed by atoms with Crippen LogP contribution in [0.1, 0.15) is 23.4 Å². The van der Waals surface area contributed by atoms with Crippen molar-refractivity contribution < 1.29 is 13.2 Å². The lowest BCUT2D eigenvalue weighted by atomic mass is 10.2. The largest absolute Gasteiger partial charge is 0.326 e. The van der Waals surface area contributed by atoms with Gasteiger partial charge in [-0.15, -0.1) is 11.3 Å². The van der Waals surface area contributed by atoms with Gasteiger partial charge in [-0.2, -0.15) is 4.31 Å². The molecule has 0 aromatic carbocycles. The summed E-state index contributed by atoms with van der Waals surface area (Å²) in [5, 5.41) is 8.41. The Morgan fingerprint density at radius 2 is 2.17 bits per heavy atom. The number of hydrogen-bond donors (Lipinski definition) is 2. The van der Waals surface area contributed by atoms with E-state index in [1.165, 1.54) is 22.7 Å². The standard InChI is InChI=1S/C14H16N4O3S3/c19-13(16-12-2-1-7-22-12)17-14-15-10-5-6-18(8-11(10)23-14)24(20,21)9-3-4-9/h1-2,7,9H,3-6,8H2,(H2,15,16,17,19). The number of amides is 2. The van der Waals surface area contributed by atoms with E-state index in [1.54, 1.807) is 4.31 Å². The normalized spacial score (nSPS) is 18.2. The highest BCUT2D eigenvalue weighted by Gasteiger charge is 2.41. The Kier molecular flexibility index (Phi) is 4.07. The quantitative estimate of drug-likeness (QED) is 0.848. The lowest BCUT2D eigenvalue weighted by Crippen LogP contribution is -2.37. The minimum atomic E-state index is -3.17. The van der Waals surface area contributed by atoms with Crippen molar-refractivity contribution in [2.75, 3.05) is 17.2 Å². The van der Waals surface area contributed by atoms with E-state index in [2.05, 4.69) is 15.6 Å². The average molecular weight is 385 g/mol. The van der Waals surface area contributed by atoms with E-state index in [1.807, 2.05) is 17.5 Å². The second-order valence-electron chi connectivity index (χ2n) is 5.77. The first kappa shape index (κ1) is 16.0. The Morgan fingerprint density at radius 3 is 2.88 bits per heavy atom. The van der Waals surface area contributed by atoms with E-state index in [-0.39, 0.29) is 11.3 Å². The van der Waals surface area contributed by atoms with Gasteiger partial charge in [0.1, 0.15) is 0 Å². The summed E-state index contributed by atoms with van der Waals surface area (Å²) in [6.45, 7) is 0.830. The first-order valence-electron chi connectivity index (χ1n) is 7.61. The monoisotopic (exact) mass is 384 g/mol. The smallest absolute Gasteiger partial charge is 0.299 e. The molecule has 0 spiro atoms. The molecule has 0 atom stereocenters. The van der Waals surface area contributed by atoms with Crippen molar-refractivity contribution in [2.45, 2.75) is 31.1 Å². The number of thiophene rings is 1. The van der Waals surface area contributed by atoms with Gasteiger partial charge < -0.3 is 0 Å². The SMILES string of the molecule is O=C(Nc1cccs1)Nc1nc2c(s1)CN(S(=O)(=O)C1CC1)CC2. The molecule has 24 heavy (non-hydrogen) atoms. The minimum absolute atomic E-state index is 0.193. The van der Waals surface area contributed by atoms with Gasteiger partial charge in [-0.1, -0.05) is 11.3 Å². The molecule has 3 heterocycles. The number of hydrogen-bond acceptors (Lipinski definition) is 6. The van der Waals surface area contributed by atoms with Crippen LogP contribution < -0.4 is 10.6 Å². The summed E-state index contributed by atoms with van der Waals surface area (Å²) < 4.78 is 26.3. The van der Waals surface area contributed by atoms with Crippen LogP contribution in [0.5, 0.6) is 0 Å². The number of thiazole rings is 1. The van der Waals surface area contributed by atoms with E-state index in [0.29, 0.717) is 24.6 Å². The van der Waals surface area contributed by atoms with E-state index in [9.17, 15) is 13.2 Å². The first-order valence-corrected chi connectivity index (χ1v) is 10.8. The number of carbonyl (C=O) groups is 1. The van der Waals surface area contributed by atoms with Crippen LogP contribution in [0.3, 0.4) is 0 Å². The molecule has 1 aliphatic carbocycles. The highest BCUT2D eigenvalue weighted by molar-refractivity contribution is 7.90. The summed E-state index contributed by atoms with van der Waals surface area (Å²) in [6, 6.07) is 3.33. The van der Waals surface area contributed by atoms with Gasteiger partial charge in [0.2, 0.25) is 10.0 Å². The van der Waals surface area contributed by atoms with Crippen molar-refractivity contribution >= 4 is 48.9 Å². The summed E-state index contributed by atoms with van der Waals surface area (Å²) in [4.78, 5) is 17.3. The van der Waals surface area contributed by atoms with Gasteiger partial charge in [0.15, 0.2) is 5.13 Å². The summed E-state index contributed by atoms with van der Waals surface area (Å²) in [5.41, 5.74) is 0.883. The number of aromatic nitrogens is 1. The molecule has 0 radical (unpaired) electrons. The molecule has 7 nitrogen and oxygen atoms in total. The van der Waals surface area contributed by atoms with Crippen LogP contribution in [0.25, 0.3) is 0 Å². The van der Waals surface area contributed by atoms with E-state index >= 15 is 0 Å². The van der Waals surface area contributed by atoms with Gasteiger partial charge in [0.05, 0.1) is 15.9 Å².